The smallest absolute Gasteiger partial charge is 0.201 e. The van der Waals surface area contributed by atoms with E-state index in [2.05, 4.69) is 68.4 Å². The lowest BCUT2D eigenvalue weighted by Gasteiger charge is -2.24. The summed E-state index contributed by atoms with van der Waals surface area (Å²) >= 11 is 1.67. The van der Waals surface area contributed by atoms with Gasteiger partial charge in [-0.3, -0.25) is 0 Å². The van der Waals surface area contributed by atoms with Gasteiger partial charge in [0.15, 0.2) is 5.82 Å². The van der Waals surface area contributed by atoms with E-state index < -0.39 is 0 Å². The molecule has 5 aliphatic rings. The first-order chi connectivity index (χ1) is 14.6. The first kappa shape index (κ1) is 19.7. The average molecular weight is 437 g/mol. The van der Waals surface area contributed by atoms with Crippen molar-refractivity contribution in [3.8, 4) is 10.6 Å². The first-order valence-corrected chi connectivity index (χ1v) is 12.3. The van der Waals surface area contributed by atoms with E-state index >= 15 is 4.39 Å². The van der Waals surface area contributed by atoms with E-state index in [1.165, 1.54) is 5.36 Å². The molecule has 0 radical (unpaired) electrons. The van der Waals surface area contributed by atoms with Crippen molar-refractivity contribution in [3.63, 3.8) is 0 Å². The highest BCUT2D eigenvalue weighted by Crippen LogP contribution is 2.62. The third kappa shape index (κ3) is 2.95. The topological polar surface area (TPSA) is 19.1 Å². The van der Waals surface area contributed by atoms with Gasteiger partial charge in [-0.25, -0.2) is 13.9 Å². The number of hydrogen-bond acceptors (Lipinski definition) is 3. The second-order valence-corrected chi connectivity index (χ2v) is 12.4. The molecule has 0 amide bonds. The molecule has 3 heterocycles. The van der Waals surface area contributed by atoms with Crippen LogP contribution in [0.1, 0.15) is 34.6 Å². The van der Waals surface area contributed by atoms with Crippen molar-refractivity contribution in [1.82, 2.24) is 9.56 Å². The van der Waals surface area contributed by atoms with Crippen LogP contribution < -0.4 is 14.8 Å². The van der Waals surface area contributed by atoms with Gasteiger partial charge in [0.1, 0.15) is 18.6 Å². The van der Waals surface area contributed by atoms with Gasteiger partial charge >= 0.3 is 0 Å². The van der Waals surface area contributed by atoms with Gasteiger partial charge in [0.25, 0.3) is 0 Å². The minimum Gasteiger partial charge on any atom is -0.371 e. The predicted molar refractivity (Wildman–Crippen MR) is 127 cm³/mol. The molecule has 3 aliphatic heterocycles. The molecular weight excluding hydrogens is 405 g/mol. The fraction of sp³-hybridized carbons (Fsp3) is 0.538. The highest BCUT2D eigenvalue weighted by Gasteiger charge is 2.61. The van der Waals surface area contributed by atoms with Crippen LogP contribution in [0.4, 0.5) is 10.1 Å². The Labute approximate surface area is 187 Å². The summed E-state index contributed by atoms with van der Waals surface area (Å²) in [6.45, 7) is 16.0. The number of benzene rings is 2. The van der Waals surface area contributed by atoms with Gasteiger partial charge in [-0.05, 0) is 35.4 Å². The molecular formula is C26H31FN3S+. The molecule has 6 rings (SSSR count). The number of aromatic nitrogens is 1. The van der Waals surface area contributed by atoms with Gasteiger partial charge in [0.05, 0.1) is 15.3 Å². The Morgan fingerprint density at radius 3 is 2.52 bits per heavy atom. The van der Waals surface area contributed by atoms with Crippen molar-refractivity contribution in [1.29, 1.82) is 0 Å². The SMILES string of the molecule is CC1C[N+](=c2ccc3nc4c(F)cc(N5CC6C(C5)C6(C)C)cc4sc-3c2)CC1(C)C. The van der Waals surface area contributed by atoms with Crippen molar-refractivity contribution in [2.45, 2.75) is 34.6 Å². The molecule has 0 aromatic heterocycles. The van der Waals surface area contributed by atoms with Crippen LogP contribution in [0, 0.1) is 34.4 Å². The number of piperidine rings is 1. The zero-order chi connectivity index (χ0) is 21.7. The van der Waals surface area contributed by atoms with E-state index in [1.807, 2.05) is 0 Å². The second kappa shape index (κ2) is 6.28. The van der Waals surface area contributed by atoms with Crippen LogP contribution in [0.5, 0.6) is 0 Å². The summed E-state index contributed by atoms with van der Waals surface area (Å²) in [6, 6.07) is 10.3. The maximum atomic E-state index is 15.1. The highest BCUT2D eigenvalue weighted by molar-refractivity contribution is 7.21. The van der Waals surface area contributed by atoms with Crippen molar-refractivity contribution in [3.05, 3.63) is 41.5 Å². The highest BCUT2D eigenvalue weighted by atomic mass is 32.1. The van der Waals surface area contributed by atoms with E-state index in [0.717, 1.165) is 59.0 Å². The molecule has 3 nitrogen and oxygen atoms in total. The van der Waals surface area contributed by atoms with Gasteiger partial charge in [-0.2, -0.15) is 0 Å². The Bertz CT molecular complexity index is 1240. The normalized spacial score (nSPS) is 30.3. The van der Waals surface area contributed by atoms with Crippen molar-refractivity contribution in [2.75, 3.05) is 31.1 Å². The quantitative estimate of drug-likeness (QED) is 0.391. The fourth-order valence-corrected chi connectivity index (χ4v) is 6.93. The van der Waals surface area contributed by atoms with Crippen molar-refractivity contribution >= 4 is 27.2 Å². The van der Waals surface area contributed by atoms with Gasteiger partial charge in [0.2, 0.25) is 5.36 Å². The molecule has 162 valence electrons. The third-order valence-electron chi connectivity index (χ3n) is 8.69. The Kier molecular flexibility index (Phi) is 3.98. The van der Waals surface area contributed by atoms with Crippen molar-refractivity contribution < 1.29 is 4.39 Å². The summed E-state index contributed by atoms with van der Waals surface area (Å²) in [4.78, 5) is 8.20. The predicted octanol–water partition coefficient (Wildman–Crippen LogP) is 5.08. The minimum atomic E-state index is -0.204. The monoisotopic (exact) mass is 436 g/mol. The van der Waals surface area contributed by atoms with Gasteiger partial charge in [0, 0.05) is 42.2 Å². The Balaban J connectivity index is 1.42. The maximum Gasteiger partial charge on any atom is 0.201 e. The first-order valence-electron chi connectivity index (χ1n) is 11.5. The number of rotatable bonds is 1. The number of anilines is 1. The minimum absolute atomic E-state index is 0.204. The van der Waals surface area contributed by atoms with E-state index in [4.69, 9.17) is 4.98 Å². The standard InChI is InChI=1S/C26H31FN3S/c1-15-11-30(14-25(15,2)3)16-6-7-21-22(9-16)31-23-10-17(8-20(27)24(23)28-21)29-12-18-19(13-29)26(18,4)5/h6-10,15,18-19H,11-14H2,1-5H3/q+1. The van der Waals surface area contributed by atoms with E-state index in [1.54, 1.807) is 17.4 Å². The Hall–Kier alpha value is -2.01. The molecule has 0 N–H and O–H groups in total. The lowest BCUT2D eigenvalue weighted by molar-refractivity contribution is 0.310. The van der Waals surface area contributed by atoms with Crippen LogP contribution >= 0.6 is 11.3 Å². The van der Waals surface area contributed by atoms with Crippen LogP contribution in [0.3, 0.4) is 0 Å². The molecule has 0 bridgehead atoms. The lowest BCUT2D eigenvalue weighted by Crippen LogP contribution is -2.29. The third-order valence-corrected chi connectivity index (χ3v) is 9.77. The molecule has 31 heavy (non-hydrogen) atoms. The molecule has 3 atom stereocenters. The van der Waals surface area contributed by atoms with Crippen LogP contribution in [-0.4, -0.2) is 31.2 Å². The molecule has 2 saturated heterocycles. The molecule has 1 aromatic rings. The molecule has 0 spiro atoms. The number of fused-ring (bicyclic) bond motifs is 3. The summed E-state index contributed by atoms with van der Waals surface area (Å²) in [5.41, 5.74) is 3.17. The molecule has 5 heteroatoms. The van der Waals surface area contributed by atoms with Crippen LogP contribution in [0.2, 0.25) is 0 Å². The van der Waals surface area contributed by atoms with Crippen LogP contribution in [0.15, 0.2) is 30.3 Å². The van der Waals surface area contributed by atoms with Crippen molar-refractivity contribution in [2.24, 2.45) is 28.6 Å². The summed E-state index contributed by atoms with van der Waals surface area (Å²) in [6.07, 6.45) is 0. The molecule has 3 unspecified atom stereocenters. The maximum absolute atomic E-state index is 15.1. The fourth-order valence-electron chi connectivity index (χ4n) is 5.87. The Morgan fingerprint density at radius 1 is 1.10 bits per heavy atom. The van der Waals surface area contributed by atoms with Gasteiger partial charge in [-0.15, -0.1) is 11.3 Å². The zero-order valence-corrected chi connectivity index (χ0v) is 19.9. The largest absolute Gasteiger partial charge is 0.371 e. The number of halogens is 1. The van der Waals surface area contributed by atoms with E-state index in [9.17, 15) is 0 Å². The molecule has 1 saturated carbocycles. The van der Waals surface area contributed by atoms with Gasteiger partial charge in [-0.1, -0.05) is 34.6 Å². The van der Waals surface area contributed by atoms with Crippen LogP contribution in [-0.2, 0) is 0 Å². The molecule has 3 fully saturated rings. The number of nitrogens with zero attached hydrogens (tertiary/aromatic N) is 3. The van der Waals surface area contributed by atoms with E-state index in [-0.39, 0.29) is 5.82 Å². The summed E-state index contributed by atoms with van der Waals surface area (Å²) < 4.78 is 18.5. The molecule has 2 aliphatic carbocycles. The van der Waals surface area contributed by atoms with Gasteiger partial charge < -0.3 is 4.90 Å². The second-order valence-electron chi connectivity index (χ2n) is 11.3. The summed E-state index contributed by atoms with van der Waals surface area (Å²) in [5, 5.41) is 1.25. The lowest BCUT2D eigenvalue weighted by atomic mass is 9.84. The summed E-state index contributed by atoms with van der Waals surface area (Å²) in [7, 11) is 0. The zero-order valence-electron chi connectivity index (χ0n) is 19.1. The summed E-state index contributed by atoms with van der Waals surface area (Å²) in [5.74, 6) is 1.96. The molecule has 1 aromatic carbocycles. The average Bonchev–Trinajstić information content (AvgIpc) is 3.06. The van der Waals surface area contributed by atoms with Crippen LogP contribution in [0.25, 0.3) is 20.8 Å². The number of hydrogen-bond donors (Lipinski definition) is 0. The van der Waals surface area contributed by atoms with E-state index in [0.29, 0.717) is 22.3 Å². The Morgan fingerprint density at radius 2 is 1.84 bits per heavy atom.